The molecule has 0 amide bonds. The monoisotopic (exact) mass is 280 g/mol. The van der Waals surface area contributed by atoms with Crippen LogP contribution in [0.2, 0.25) is 0 Å². The second kappa shape index (κ2) is 5.02. The molecule has 0 aliphatic heterocycles. The normalized spacial score (nSPS) is 16.8. The van der Waals surface area contributed by atoms with Crippen LogP contribution in [0, 0.1) is 0 Å². The first-order valence-electron chi connectivity index (χ1n) is 7.75. The fourth-order valence-electron chi connectivity index (χ4n) is 3.24. The van der Waals surface area contributed by atoms with Crippen molar-refractivity contribution in [1.82, 2.24) is 9.97 Å². The fourth-order valence-corrected chi connectivity index (χ4v) is 3.24. The van der Waals surface area contributed by atoms with E-state index in [1.807, 2.05) is 12.1 Å². The molecule has 1 saturated carbocycles. The average molecular weight is 280 g/mol. The number of aromatic nitrogens is 2. The Balaban J connectivity index is 1.68. The van der Waals surface area contributed by atoms with Gasteiger partial charge >= 0.3 is 0 Å². The van der Waals surface area contributed by atoms with E-state index < -0.39 is 0 Å². The zero-order chi connectivity index (χ0) is 14.2. The van der Waals surface area contributed by atoms with Crippen LogP contribution in [0.15, 0.2) is 30.6 Å². The first-order valence-corrected chi connectivity index (χ1v) is 7.75. The Kier molecular flexibility index (Phi) is 3.02. The molecule has 1 fully saturated rings. The summed E-state index contributed by atoms with van der Waals surface area (Å²) in [5.74, 6) is 1.16. The van der Waals surface area contributed by atoms with Crippen LogP contribution in [0.5, 0.6) is 0 Å². The molecule has 4 rings (SSSR count). The summed E-state index contributed by atoms with van der Waals surface area (Å²) < 4.78 is 0. The van der Waals surface area contributed by atoms with E-state index in [-0.39, 0.29) is 0 Å². The van der Waals surface area contributed by atoms with Gasteiger partial charge in [-0.2, -0.15) is 0 Å². The first-order chi connectivity index (χ1) is 10.3. The van der Waals surface area contributed by atoms with Gasteiger partial charge in [-0.1, -0.05) is 12.1 Å². The van der Waals surface area contributed by atoms with Gasteiger partial charge in [0.15, 0.2) is 0 Å². The third kappa shape index (κ3) is 2.46. The van der Waals surface area contributed by atoms with Crippen molar-refractivity contribution in [2.75, 3.05) is 10.6 Å². The minimum atomic E-state index is 0.631. The van der Waals surface area contributed by atoms with Crippen LogP contribution < -0.4 is 10.6 Å². The topological polar surface area (TPSA) is 55.0 Å². The van der Waals surface area contributed by atoms with Gasteiger partial charge in [-0.25, -0.2) is 9.97 Å². The summed E-state index contributed by atoms with van der Waals surface area (Å²) in [4.78, 5) is 11.5. The molecule has 0 radical (unpaired) electrons. The third-order valence-electron chi connectivity index (χ3n) is 4.42. The van der Waals surface area contributed by atoms with Crippen molar-refractivity contribution in [2.45, 2.75) is 44.7 Å². The summed E-state index contributed by atoms with van der Waals surface area (Å²) >= 11 is 0. The molecular formula is C17H20N4. The molecule has 0 spiro atoms. The Morgan fingerprint density at radius 2 is 2.10 bits per heavy atom. The molecule has 1 heterocycles. The van der Waals surface area contributed by atoms with Crippen molar-refractivity contribution in [2.24, 2.45) is 0 Å². The lowest BCUT2D eigenvalue weighted by Gasteiger charge is -2.25. The zero-order valence-electron chi connectivity index (χ0n) is 12.1. The largest absolute Gasteiger partial charge is 0.399 e. The van der Waals surface area contributed by atoms with Crippen molar-refractivity contribution < 1.29 is 0 Å². The number of benzene rings is 1. The highest BCUT2D eigenvalue weighted by Gasteiger charge is 2.32. The molecule has 2 N–H and O–H groups in total. The molecule has 108 valence electrons. The Hall–Kier alpha value is -2.10. The quantitative estimate of drug-likeness (QED) is 0.875. The van der Waals surface area contributed by atoms with E-state index in [0.29, 0.717) is 6.04 Å². The molecular weight excluding hydrogens is 260 g/mol. The van der Waals surface area contributed by atoms with Crippen molar-refractivity contribution in [3.63, 3.8) is 0 Å². The van der Waals surface area contributed by atoms with Crippen LogP contribution in [0.1, 0.15) is 36.1 Å². The predicted octanol–water partition coefficient (Wildman–Crippen LogP) is 2.72. The van der Waals surface area contributed by atoms with Crippen molar-refractivity contribution in [1.29, 1.82) is 0 Å². The molecule has 2 aliphatic rings. The van der Waals surface area contributed by atoms with Gasteiger partial charge in [0.05, 0.1) is 0 Å². The number of nitrogens with zero attached hydrogens (tertiary/aromatic N) is 3. The lowest BCUT2D eigenvalue weighted by Crippen LogP contribution is -2.27. The van der Waals surface area contributed by atoms with E-state index in [1.165, 1.54) is 36.1 Å². The maximum atomic E-state index is 5.91. The Morgan fingerprint density at radius 1 is 1.19 bits per heavy atom. The average Bonchev–Trinajstić information content (AvgIpc) is 3.21. The number of fused-ring (bicyclic) bond motifs is 1. The van der Waals surface area contributed by atoms with Crippen molar-refractivity contribution >= 4 is 11.5 Å². The van der Waals surface area contributed by atoms with Gasteiger partial charge in [0.1, 0.15) is 12.1 Å². The number of hydrogen-bond acceptors (Lipinski definition) is 4. The minimum absolute atomic E-state index is 0.631. The van der Waals surface area contributed by atoms with Crippen LogP contribution >= 0.6 is 0 Å². The van der Waals surface area contributed by atoms with Gasteiger partial charge in [-0.05, 0) is 49.8 Å². The summed E-state index contributed by atoms with van der Waals surface area (Å²) in [7, 11) is 0. The number of aryl methyl sites for hydroxylation is 1. The lowest BCUT2D eigenvalue weighted by molar-refractivity contribution is 0.766. The lowest BCUT2D eigenvalue weighted by atomic mass is 10.1. The number of nitrogens with two attached hydrogens (primary N) is 1. The summed E-state index contributed by atoms with van der Waals surface area (Å²) in [6.07, 6.45) is 7.68. The summed E-state index contributed by atoms with van der Waals surface area (Å²) in [5.41, 5.74) is 10.6. The molecule has 2 aromatic rings. The molecule has 0 unspecified atom stereocenters. The van der Waals surface area contributed by atoms with Crippen LogP contribution in [0.3, 0.4) is 0 Å². The van der Waals surface area contributed by atoms with Gasteiger partial charge in [-0.3, -0.25) is 0 Å². The Morgan fingerprint density at radius 3 is 2.90 bits per heavy atom. The first kappa shape index (κ1) is 12.6. The maximum absolute atomic E-state index is 5.91. The van der Waals surface area contributed by atoms with E-state index >= 15 is 0 Å². The zero-order valence-corrected chi connectivity index (χ0v) is 12.1. The highest BCUT2D eigenvalue weighted by Crippen LogP contribution is 2.36. The molecule has 21 heavy (non-hydrogen) atoms. The van der Waals surface area contributed by atoms with Crippen LogP contribution in [-0.2, 0) is 19.4 Å². The van der Waals surface area contributed by atoms with Gasteiger partial charge in [-0.15, -0.1) is 0 Å². The Bertz CT molecular complexity index is 664. The van der Waals surface area contributed by atoms with Crippen LogP contribution in [0.4, 0.5) is 11.5 Å². The third-order valence-corrected chi connectivity index (χ3v) is 4.42. The molecule has 1 aromatic carbocycles. The minimum Gasteiger partial charge on any atom is -0.399 e. The molecule has 0 bridgehead atoms. The summed E-state index contributed by atoms with van der Waals surface area (Å²) in [6.45, 7) is 0.888. The van der Waals surface area contributed by atoms with E-state index in [0.717, 1.165) is 30.9 Å². The number of nitrogen functional groups attached to an aromatic ring is 1. The maximum Gasteiger partial charge on any atom is 0.135 e. The molecule has 4 heteroatoms. The number of anilines is 2. The van der Waals surface area contributed by atoms with Crippen molar-refractivity contribution in [3.05, 3.63) is 47.4 Å². The summed E-state index contributed by atoms with van der Waals surface area (Å²) in [5, 5.41) is 0. The molecule has 0 saturated heterocycles. The van der Waals surface area contributed by atoms with Gasteiger partial charge < -0.3 is 10.6 Å². The Labute approximate surface area is 125 Å². The second-order valence-corrected chi connectivity index (χ2v) is 6.08. The van der Waals surface area contributed by atoms with Gasteiger partial charge in [0.2, 0.25) is 0 Å². The summed E-state index contributed by atoms with van der Waals surface area (Å²) in [6, 6.07) is 8.81. The predicted molar refractivity (Wildman–Crippen MR) is 84.1 cm³/mol. The number of hydrogen-bond donors (Lipinski definition) is 1. The highest BCUT2D eigenvalue weighted by molar-refractivity contribution is 5.53. The van der Waals surface area contributed by atoms with Crippen molar-refractivity contribution in [3.8, 4) is 0 Å². The fraction of sp³-hybridized carbons (Fsp3) is 0.412. The molecule has 1 aromatic heterocycles. The number of rotatable bonds is 4. The molecule has 0 atom stereocenters. The van der Waals surface area contributed by atoms with Crippen LogP contribution in [0.25, 0.3) is 0 Å². The van der Waals surface area contributed by atoms with E-state index in [9.17, 15) is 0 Å². The van der Waals surface area contributed by atoms with E-state index in [1.54, 1.807) is 6.33 Å². The smallest absolute Gasteiger partial charge is 0.135 e. The van der Waals surface area contributed by atoms with Gasteiger partial charge in [0.25, 0.3) is 0 Å². The van der Waals surface area contributed by atoms with Gasteiger partial charge in [0, 0.05) is 29.5 Å². The highest BCUT2D eigenvalue weighted by atomic mass is 15.2. The SMILES string of the molecule is Nc1cccc(CN(c2ncnc3c2CCC3)C2CC2)c1. The van der Waals surface area contributed by atoms with E-state index in [4.69, 9.17) is 5.73 Å². The molecule has 2 aliphatic carbocycles. The second-order valence-electron chi connectivity index (χ2n) is 6.08. The van der Waals surface area contributed by atoms with Crippen LogP contribution in [-0.4, -0.2) is 16.0 Å². The standard InChI is InChI=1S/C17H20N4/c18-13-4-1-3-12(9-13)10-21(14-7-8-14)17-15-5-2-6-16(15)19-11-20-17/h1,3-4,9,11,14H,2,5-8,10,18H2. The molecule has 4 nitrogen and oxygen atoms in total. The van der Waals surface area contributed by atoms with E-state index in [2.05, 4.69) is 27.0 Å².